The predicted molar refractivity (Wildman–Crippen MR) is 102 cm³/mol. The van der Waals surface area contributed by atoms with Gasteiger partial charge < -0.3 is 10.2 Å². The molecule has 2 aliphatic rings. The zero-order valence-corrected chi connectivity index (χ0v) is 15.6. The number of hydrogen-bond donors (Lipinski definition) is 1. The zero-order chi connectivity index (χ0) is 17.5. The molecule has 1 aliphatic carbocycles. The molecule has 0 bridgehead atoms. The third-order valence-corrected chi connectivity index (χ3v) is 5.94. The number of likely N-dealkylation sites (tertiary alicyclic amines) is 1. The summed E-state index contributed by atoms with van der Waals surface area (Å²) in [7, 11) is 1.97. The van der Waals surface area contributed by atoms with Gasteiger partial charge in [0.05, 0.1) is 0 Å². The van der Waals surface area contributed by atoms with Gasteiger partial charge in [0.25, 0.3) is 0 Å². The maximum absolute atomic E-state index is 12.4. The molecule has 0 radical (unpaired) electrons. The third kappa shape index (κ3) is 5.46. The lowest BCUT2D eigenvalue weighted by Crippen LogP contribution is -2.46. The van der Waals surface area contributed by atoms with Crippen LogP contribution in [0.5, 0.6) is 0 Å². The highest BCUT2D eigenvalue weighted by Gasteiger charge is 2.24. The van der Waals surface area contributed by atoms with E-state index in [4.69, 9.17) is 0 Å². The summed E-state index contributed by atoms with van der Waals surface area (Å²) in [5.74, 6) is 0.621. The minimum Gasteiger partial charge on any atom is -0.338 e. The summed E-state index contributed by atoms with van der Waals surface area (Å²) in [6.07, 6.45) is 8.56. The standard InChI is InChI=1S/C21H33N3O/c1-23(20-10-6-3-7-11-20)21(25)22-16-18-12-14-24(15-13-18)17-19-8-4-2-5-9-19/h2,4-5,8-9,18,20H,3,6-7,10-17H2,1H3,(H,22,25). The normalized spacial score (nSPS) is 20.4. The molecule has 1 aromatic rings. The molecule has 0 spiro atoms. The number of carbonyl (C=O) groups excluding carboxylic acids is 1. The van der Waals surface area contributed by atoms with E-state index in [1.807, 2.05) is 11.9 Å². The second kappa shape index (κ2) is 9.23. The molecule has 1 aliphatic heterocycles. The molecule has 0 unspecified atom stereocenters. The number of hydrogen-bond acceptors (Lipinski definition) is 2. The van der Waals surface area contributed by atoms with Crippen molar-refractivity contribution in [1.29, 1.82) is 0 Å². The van der Waals surface area contributed by atoms with E-state index in [0.717, 1.165) is 26.2 Å². The fourth-order valence-corrected chi connectivity index (χ4v) is 4.18. The Labute approximate surface area is 152 Å². The highest BCUT2D eigenvalue weighted by molar-refractivity contribution is 5.74. The Morgan fingerprint density at radius 1 is 1.08 bits per heavy atom. The number of amides is 2. The maximum Gasteiger partial charge on any atom is 0.317 e. The second-order valence-electron chi connectivity index (χ2n) is 7.79. The van der Waals surface area contributed by atoms with E-state index in [-0.39, 0.29) is 6.03 Å². The molecule has 0 aromatic heterocycles. The molecule has 1 saturated heterocycles. The first-order chi connectivity index (χ1) is 12.2. The van der Waals surface area contributed by atoms with Crippen molar-refractivity contribution >= 4 is 6.03 Å². The van der Waals surface area contributed by atoms with E-state index >= 15 is 0 Å². The molecular formula is C21H33N3O. The summed E-state index contributed by atoms with van der Waals surface area (Å²) in [6, 6.07) is 11.3. The maximum atomic E-state index is 12.4. The van der Waals surface area contributed by atoms with Crippen LogP contribution < -0.4 is 5.32 Å². The van der Waals surface area contributed by atoms with Crippen LogP contribution in [0.25, 0.3) is 0 Å². The first-order valence-electron chi connectivity index (χ1n) is 9.99. The summed E-state index contributed by atoms with van der Waals surface area (Å²) in [4.78, 5) is 16.9. The molecular weight excluding hydrogens is 310 g/mol. The molecule has 25 heavy (non-hydrogen) atoms. The highest BCUT2D eigenvalue weighted by Crippen LogP contribution is 2.22. The molecule has 1 N–H and O–H groups in total. The molecule has 1 saturated carbocycles. The van der Waals surface area contributed by atoms with Crippen LogP contribution in [0.4, 0.5) is 4.79 Å². The molecule has 2 amide bonds. The molecule has 0 atom stereocenters. The lowest BCUT2D eigenvalue weighted by atomic mass is 9.94. The largest absolute Gasteiger partial charge is 0.338 e. The van der Waals surface area contributed by atoms with Crippen LogP contribution in [0.3, 0.4) is 0 Å². The van der Waals surface area contributed by atoms with Gasteiger partial charge in [0.2, 0.25) is 0 Å². The number of benzene rings is 1. The fourth-order valence-electron chi connectivity index (χ4n) is 4.18. The Morgan fingerprint density at radius 3 is 2.44 bits per heavy atom. The smallest absolute Gasteiger partial charge is 0.317 e. The van der Waals surface area contributed by atoms with E-state index < -0.39 is 0 Å². The fraction of sp³-hybridized carbons (Fsp3) is 0.667. The number of piperidine rings is 1. The monoisotopic (exact) mass is 343 g/mol. The van der Waals surface area contributed by atoms with E-state index in [9.17, 15) is 4.79 Å². The third-order valence-electron chi connectivity index (χ3n) is 5.94. The van der Waals surface area contributed by atoms with Crippen molar-refractivity contribution in [3.63, 3.8) is 0 Å². The average molecular weight is 344 g/mol. The van der Waals surface area contributed by atoms with E-state index in [0.29, 0.717) is 12.0 Å². The number of rotatable bonds is 5. The Hall–Kier alpha value is -1.55. The average Bonchev–Trinajstić information content (AvgIpc) is 2.68. The van der Waals surface area contributed by atoms with Gasteiger partial charge >= 0.3 is 6.03 Å². The van der Waals surface area contributed by atoms with Gasteiger partial charge in [0.15, 0.2) is 0 Å². The summed E-state index contributed by atoms with van der Waals surface area (Å²) in [6.45, 7) is 4.14. The van der Waals surface area contributed by atoms with Gasteiger partial charge in [-0.25, -0.2) is 4.79 Å². The molecule has 4 nitrogen and oxygen atoms in total. The van der Waals surface area contributed by atoms with Gasteiger partial charge in [-0.1, -0.05) is 49.6 Å². The molecule has 1 heterocycles. The summed E-state index contributed by atoms with van der Waals surface area (Å²) >= 11 is 0. The van der Waals surface area contributed by atoms with Crippen molar-refractivity contribution in [3.8, 4) is 0 Å². The predicted octanol–water partition coefficient (Wildman–Crippen LogP) is 3.87. The minimum absolute atomic E-state index is 0.124. The van der Waals surface area contributed by atoms with E-state index in [1.165, 1.54) is 50.5 Å². The van der Waals surface area contributed by atoms with Crippen molar-refractivity contribution < 1.29 is 4.79 Å². The van der Waals surface area contributed by atoms with Crippen molar-refractivity contribution in [2.75, 3.05) is 26.7 Å². The van der Waals surface area contributed by atoms with Crippen LogP contribution in [-0.2, 0) is 6.54 Å². The van der Waals surface area contributed by atoms with Crippen LogP contribution in [0.2, 0.25) is 0 Å². The van der Waals surface area contributed by atoms with Crippen LogP contribution in [0.15, 0.2) is 30.3 Å². The summed E-state index contributed by atoms with van der Waals surface area (Å²) in [5, 5.41) is 3.18. The van der Waals surface area contributed by atoms with Gasteiger partial charge in [0, 0.05) is 26.2 Å². The lowest BCUT2D eigenvalue weighted by molar-refractivity contribution is 0.159. The quantitative estimate of drug-likeness (QED) is 0.881. The first-order valence-corrected chi connectivity index (χ1v) is 9.99. The number of carbonyl (C=O) groups is 1. The SMILES string of the molecule is CN(C(=O)NCC1CCN(Cc2ccccc2)CC1)C1CCCCC1. The molecule has 1 aromatic carbocycles. The summed E-state index contributed by atoms with van der Waals surface area (Å²) < 4.78 is 0. The van der Waals surface area contributed by atoms with Crippen molar-refractivity contribution in [2.45, 2.75) is 57.5 Å². The van der Waals surface area contributed by atoms with Crippen LogP contribution >= 0.6 is 0 Å². The van der Waals surface area contributed by atoms with Gasteiger partial charge in [-0.15, -0.1) is 0 Å². The summed E-state index contributed by atoms with van der Waals surface area (Å²) in [5.41, 5.74) is 1.39. The van der Waals surface area contributed by atoms with E-state index in [2.05, 4.69) is 40.5 Å². The van der Waals surface area contributed by atoms with Gasteiger partial charge in [-0.3, -0.25) is 4.90 Å². The Kier molecular flexibility index (Phi) is 6.74. The first kappa shape index (κ1) is 18.2. The van der Waals surface area contributed by atoms with Crippen LogP contribution in [0, 0.1) is 5.92 Å². The topological polar surface area (TPSA) is 35.6 Å². The molecule has 2 fully saturated rings. The minimum atomic E-state index is 0.124. The van der Waals surface area contributed by atoms with Crippen molar-refractivity contribution in [1.82, 2.24) is 15.1 Å². The number of nitrogens with one attached hydrogen (secondary N) is 1. The molecule has 3 rings (SSSR count). The Balaban J connectivity index is 1.35. The van der Waals surface area contributed by atoms with Gasteiger partial charge in [-0.05, 0) is 50.3 Å². The Bertz CT molecular complexity index is 519. The molecule has 138 valence electrons. The van der Waals surface area contributed by atoms with Crippen LogP contribution in [0.1, 0.15) is 50.5 Å². The zero-order valence-electron chi connectivity index (χ0n) is 15.6. The van der Waals surface area contributed by atoms with Crippen molar-refractivity contribution in [3.05, 3.63) is 35.9 Å². The van der Waals surface area contributed by atoms with Gasteiger partial charge in [0.1, 0.15) is 0 Å². The lowest BCUT2D eigenvalue weighted by Gasteiger charge is -2.34. The van der Waals surface area contributed by atoms with Crippen molar-refractivity contribution in [2.24, 2.45) is 5.92 Å². The van der Waals surface area contributed by atoms with Gasteiger partial charge in [-0.2, -0.15) is 0 Å². The number of nitrogens with zero attached hydrogens (tertiary/aromatic N) is 2. The molecule has 4 heteroatoms. The Morgan fingerprint density at radius 2 is 1.76 bits per heavy atom. The van der Waals surface area contributed by atoms with Crippen LogP contribution in [-0.4, -0.2) is 48.6 Å². The van der Waals surface area contributed by atoms with E-state index in [1.54, 1.807) is 0 Å². The number of urea groups is 1. The second-order valence-corrected chi connectivity index (χ2v) is 7.79. The highest BCUT2D eigenvalue weighted by atomic mass is 16.2.